The van der Waals surface area contributed by atoms with Crippen molar-refractivity contribution >= 4 is 5.97 Å². The molecule has 0 atom stereocenters. The zero-order valence-electron chi connectivity index (χ0n) is 6.18. The highest BCUT2D eigenvalue weighted by Gasteiger charge is 1.94. The molecule has 0 unspecified atom stereocenters. The predicted octanol–water partition coefficient (Wildman–Crippen LogP) is 2.21. The molecule has 1 N–H and O–H groups in total. The van der Waals surface area contributed by atoms with Gasteiger partial charge >= 0.3 is 5.97 Å². The van der Waals surface area contributed by atoms with Crippen molar-refractivity contribution in [2.24, 2.45) is 0 Å². The standard InChI is InChI=1S/C8H14O2/c1-2-3-4-5-6-7-8(9)10/h2H,1,3-7H2,(H,9,10). The molecule has 0 heterocycles. The first-order valence-electron chi connectivity index (χ1n) is 3.60. The van der Waals surface area contributed by atoms with E-state index in [0.29, 0.717) is 6.42 Å². The van der Waals surface area contributed by atoms with Crippen LogP contribution < -0.4 is 0 Å². The van der Waals surface area contributed by atoms with Crippen molar-refractivity contribution < 1.29 is 9.90 Å². The molecule has 10 heavy (non-hydrogen) atoms. The minimum absolute atomic E-state index is 0.303. The quantitative estimate of drug-likeness (QED) is 0.456. The number of unbranched alkanes of at least 4 members (excludes halogenated alkanes) is 3. The molecular formula is C8H14O2. The number of carboxylic acid groups (broad SMARTS) is 1. The van der Waals surface area contributed by atoms with E-state index in [-0.39, 0.29) is 0 Å². The van der Waals surface area contributed by atoms with Crippen LogP contribution in [0.15, 0.2) is 12.7 Å². The van der Waals surface area contributed by atoms with Crippen LogP contribution in [0.3, 0.4) is 0 Å². The number of allylic oxidation sites excluding steroid dienone is 1. The fraction of sp³-hybridized carbons (Fsp3) is 0.625. The van der Waals surface area contributed by atoms with Crippen molar-refractivity contribution in [2.45, 2.75) is 32.1 Å². The monoisotopic (exact) mass is 142 g/mol. The summed E-state index contributed by atoms with van der Waals surface area (Å²) in [5.74, 6) is -0.696. The summed E-state index contributed by atoms with van der Waals surface area (Å²) in [4.78, 5) is 10.0. The first-order chi connectivity index (χ1) is 4.77. The van der Waals surface area contributed by atoms with E-state index in [1.807, 2.05) is 6.08 Å². The molecule has 0 aliphatic carbocycles. The molecule has 58 valence electrons. The van der Waals surface area contributed by atoms with E-state index in [9.17, 15) is 4.79 Å². The normalized spacial score (nSPS) is 9.20. The van der Waals surface area contributed by atoms with Gasteiger partial charge in [0.05, 0.1) is 0 Å². The van der Waals surface area contributed by atoms with E-state index in [1.165, 1.54) is 0 Å². The molecule has 0 amide bonds. The van der Waals surface area contributed by atoms with E-state index >= 15 is 0 Å². The zero-order chi connectivity index (χ0) is 7.82. The lowest BCUT2D eigenvalue weighted by Crippen LogP contribution is -1.93. The average Bonchev–Trinajstić information content (AvgIpc) is 1.87. The average molecular weight is 142 g/mol. The maximum absolute atomic E-state index is 10.0. The lowest BCUT2D eigenvalue weighted by molar-refractivity contribution is -0.137. The molecule has 0 bridgehead atoms. The van der Waals surface area contributed by atoms with Gasteiger partial charge in [0.2, 0.25) is 0 Å². The van der Waals surface area contributed by atoms with Gasteiger partial charge in [0.25, 0.3) is 0 Å². The lowest BCUT2D eigenvalue weighted by atomic mass is 10.1. The van der Waals surface area contributed by atoms with Crippen molar-refractivity contribution in [1.29, 1.82) is 0 Å². The fourth-order valence-electron chi connectivity index (χ4n) is 0.742. The molecule has 0 aromatic carbocycles. The second-order valence-corrected chi connectivity index (χ2v) is 2.28. The molecule has 0 saturated carbocycles. The second kappa shape index (κ2) is 6.33. The van der Waals surface area contributed by atoms with Crippen LogP contribution in [0.1, 0.15) is 32.1 Å². The van der Waals surface area contributed by atoms with E-state index < -0.39 is 5.97 Å². The molecule has 0 spiro atoms. The third-order valence-corrected chi connectivity index (χ3v) is 1.30. The maximum Gasteiger partial charge on any atom is 0.303 e. The predicted molar refractivity (Wildman–Crippen MR) is 40.9 cm³/mol. The Morgan fingerprint density at radius 2 is 2.10 bits per heavy atom. The van der Waals surface area contributed by atoms with E-state index in [0.717, 1.165) is 25.7 Å². The lowest BCUT2D eigenvalue weighted by Gasteiger charge is -1.93. The second-order valence-electron chi connectivity index (χ2n) is 2.28. The molecular weight excluding hydrogens is 128 g/mol. The van der Waals surface area contributed by atoms with Crippen molar-refractivity contribution in [3.05, 3.63) is 12.7 Å². The van der Waals surface area contributed by atoms with Crippen LogP contribution in [-0.4, -0.2) is 11.1 Å². The number of carbonyl (C=O) groups is 1. The number of hydrogen-bond acceptors (Lipinski definition) is 1. The fourth-order valence-corrected chi connectivity index (χ4v) is 0.742. The minimum Gasteiger partial charge on any atom is -0.481 e. The van der Waals surface area contributed by atoms with E-state index in [2.05, 4.69) is 6.58 Å². The van der Waals surface area contributed by atoms with Gasteiger partial charge in [-0.3, -0.25) is 4.79 Å². The topological polar surface area (TPSA) is 37.3 Å². The zero-order valence-corrected chi connectivity index (χ0v) is 6.18. The van der Waals surface area contributed by atoms with Gasteiger partial charge in [-0.2, -0.15) is 0 Å². The SMILES string of the molecule is C=CCCCCCC(=O)O. The van der Waals surface area contributed by atoms with Gasteiger partial charge in [0.15, 0.2) is 0 Å². The Labute approximate surface area is 61.6 Å². The summed E-state index contributed by atoms with van der Waals surface area (Å²) >= 11 is 0. The Bertz CT molecular complexity index is 108. The molecule has 2 nitrogen and oxygen atoms in total. The third-order valence-electron chi connectivity index (χ3n) is 1.30. The van der Waals surface area contributed by atoms with Crippen molar-refractivity contribution in [2.75, 3.05) is 0 Å². The summed E-state index contributed by atoms with van der Waals surface area (Å²) in [5, 5.41) is 8.25. The van der Waals surface area contributed by atoms with Crippen LogP contribution in [0.4, 0.5) is 0 Å². The summed E-state index contributed by atoms with van der Waals surface area (Å²) in [6.45, 7) is 3.58. The molecule has 0 rings (SSSR count). The summed E-state index contributed by atoms with van der Waals surface area (Å²) in [6, 6.07) is 0. The molecule has 0 saturated heterocycles. The molecule has 0 fully saturated rings. The highest BCUT2D eigenvalue weighted by Crippen LogP contribution is 2.02. The van der Waals surface area contributed by atoms with Crippen molar-refractivity contribution in [3.8, 4) is 0 Å². The van der Waals surface area contributed by atoms with Crippen LogP contribution in [0, 0.1) is 0 Å². The number of aliphatic carboxylic acids is 1. The number of carboxylic acids is 1. The van der Waals surface area contributed by atoms with Gasteiger partial charge in [0, 0.05) is 6.42 Å². The molecule has 0 radical (unpaired) electrons. The molecule has 0 aromatic heterocycles. The Morgan fingerprint density at radius 3 is 2.60 bits per heavy atom. The summed E-state index contributed by atoms with van der Waals surface area (Å²) in [6.07, 6.45) is 6.02. The van der Waals surface area contributed by atoms with Gasteiger partial charge < -0.3 is 5.11 Å². The molecule has 0 aliphatic rings. The largest absolute Gasteiger partial charge is 0.481 e. The van der Waals surface area contributed by atoms with Crippen molar-refractivity contribution in [3.63, 3.8) is 0 Å². The molecule has 0 aliphatic heterocycles. The van der Waals surface area contributed by atoms with Crippen molar-refractivity contribution in [1.82, 2.24) is 0 Å². The van der Waals surface area contributed by atoms with Gasteiger partial charge in [0.1, 0.15) is 0 Å². The summed E-state index contributed by atoms with van der Waals surface area (Å²) < 4.78 is 0. The van der Waals surface area contributed by atoms with Gasteiger partial charge in [-0.05, 0) is 19.3 Å². The maximum atomic E-state index is 10.0. The van der Waals surface area contributed by atoms with Gasteiger partial charge in [-0.1, -0.05) is 12.5 Å². The van der Waals surface area contributed by atoms with Crippen LogP contribution in [0.25, 0.3) is 0 Å². The highest BCUT2D eigenvalue weighted by atomic mass is 16.4. The summed E-state index contributed by atoms with van der Waals surface area (Å²) in [5.41, 5.74) is 0. The smallest absolute Gasteiger partial charge is 0.303 e. The highest BCUT2D eigenvalue weighted by molar-refractivity contribution is 5.66. The summed E-state index contributed by atoms with van der Waals surface area (Å²) in [7, 11) is 0. The van der Waals surface area contributed by atoms with Crippen LogP contribution >= 0.6 is 0 Å². The van der Waals surface area contributed by atoms with Crippen LogP contribution in [0.5, 0.6) is 0 Å². The first-order valence-corrected chi connectivity index (χ1v) is 3.60. The Morgan fingerprint density at radius 1 is 1.40 bits per heavy atom. The number of hydrogen-bond donors (Lipinski definition) is 1. The third kappa shape index (κ3) is 7.21. The molecule has 2 heteroatoms. The number of rotatable bonds is 6. The molecule has 0 aromatic rings. The van der Waals surface area contributed by atoms with Gasteiger partial charge in [-0.15, -0.1) is 6.58 Å². The Balaban J connectivity index is 2.90. The van der Waals surface area contributed by atoms with Crippen LogP contribution in [-0.2, 0) is 4.79 Å². The Hall–Kier alpha value is -0.790. The van der Waals surface area contributed by atoms with Gasteiger partial charge in [-0.25, -0.2) is 0 Å². The minimum atomic E-state index is -0.696. The Kier molecular flexibility index (Phi) is 5.83. The van der Waals surface area contributed by atoms with E-state index in [1.54, 1.807) is 0 Å². The van der Waals surface area contributed by atoms with E-state index in [4.69, 9.17) is 5.11 Å². The first kappa shape index (κ1) is 9.21. The van der Waals surface area contributed by atoms with Crippen LogP contribution in [0.2, 0.25) is 0 Å².